The number of ether oxygens (including phenoxy) is 2. The van der Waals surface area contributed by atoms with Crippen LogP contribution in [-0.4, -0.2) is 117 Å². The van der Waals surface area contributed by atoms with E-state index in [0.717, 1.165) is 63.2 Å². The maximum absolute atomic E-state index is 12.1. The molecule has 272 valence electrons. The second-order valence-electron chi connectivity index (χ2n) is 12.3. The number of amides is 2. The van der Waals surface area contributed by atoms with Crippen LogP contribution in [0.2, 0.25) is 0 Å². The van der Waals surface area contributed by atoms with E-state index in [4.69, 9.17) is 49.1 Å². The molecule has 0 radical (unpaired) electrons. The molecule has 16 nitrogen and oxygen atoms in total. The van der Waals surface area contributed by atoms with Gasteiger partial charge in [0.15, 0.2) is 0 Å². The minimum Gasteiger partial charge on any atom is -0.473 e. The van der Waals surface area contributed by atoms with Gasteiger partial charge >= 0.3 is 36.1 Å². The molecule has 0 aromatic heterocycles. The van der Waals surface area contributed by atoms with E-state index in [1.54, 1.807) is 0 Å². The van der Waals surface area contributed by atoms with Gasteiger partial charge in [0.1, 0.15) is 13.2 Å². The Kier molecular flexibility index (Phi) is 15.0. The van der Waals surface area contributed by atoms with E-state index >= 15 is 0 Å². The van der Waals surface area contributed by atoms with Crippen LogP contribution in [0.1, 0.15) is 49.7 Å². The minimum absolute atomic E-state index is 0.184. The van der Waals surface area contributed by atoms with Gasteiger partial charge in [-0.1, -0.05) is 60.7 Å². The number of carboxylic acid groups (broad SMARTS) is 4. The van der Waals surface area contributed by atoms with Gasteiger partial charge < -0.3 is 50.3 Å². The maximum atomic E-state index is 12.1. The highest BCUT2D eigenvalue weighted by Crippen LogP contribution is 2.31. The topological polar surface area (TPSA) is 232 Å². The van der Waals surface area contributed by atoms with Crippen molar-refractivity contribution in [1.82, 2.24) is 20.4 Å². The van der Waals surface area contributed by atoms with Crippen LogP contribution in [0.4, 0.5) is 9.59 Å². The Morgan fingerprint density at radius 3 is 1.14 bits per heavy atom. The molecular formula is C34H44N4O12. The normalized spacial score (nSPS) is 21.5. The summed E-state index contributed by atoms with van der Waals surface area (Å²) >= 11 is 0. The largest absolute Gasteiger partial charge is 0.473 e. The molecule has 4 aliphatic rings. The summed E-state index contributed by atoms with van der Waals surface area (Å²) in [5.74, 6) is -7.30. The first-order chi connectivity index (χ1) is 23.8. The number of carbonyl (C=O) groups excluding carboxylic acids is 2. The zero-order valence-electron chi connectivity index (χ0n) is 27.6. The number of carbonyl (C=O) groups is 6. The van der Waals surface area contributed by atoms with Crippen LogP contribution in [0, 0.1) is 0 Å². The molecule has 6 rings (SSSR count). The van der Waals surface area contributed by atoms with Gasteiger partial charge in [-0.15, -0.1) is 0 Å². The van der Waals surface area contributed by atoms with E-state index in [1.165, 1.54) is 25.7 Å². The second kappa shape index (κ2) is 19.1. The number of aliphatic carboxylic acids is 4. The quantitative estimate of drug-likeness (QED) is 0.252. The zero-order chi connectivity index (χ0) is 36.6. The van der Waals surface area contributed by atoms with E-state index in [9.17, 15) is 9.59 Å². The molecule has 4 aliphatic heterocycles. The number of hydrogen-bond acceptors (Lipinski definition) is 10. The summed E-state index contributed by atoms with van der Waals surface area (Å²) in [5.41, 5.74) is 2.43. The van der Waals surface area contributed by atoms with Gasteiger partial charge in [-0.05, 0) is 62.7 Å². The van der Waals surface area contributed by atoms with Crippen molar-refractivity contribution in [2.75, 3.05) is 39.3 Å². The first-order valence-corrected chi connectivity index (χ1v) is 16.2. The summed E-state index contributed by atoms with van der Waals surface area (Å²) in [6.45, 7) is 6.09. The molecule has 0 saturated carbocycles. The van der Waals surface area contributed by atoms with Crippen molar-refractivity contribution in [2.24, 2.45) is 0 Å². The van der Waals surface area contributed by atoms with Gasteiger partial charge in [-0.2, -0.15) is 0 Å². The highest BCUT2D eigenvalue weighted by molar-refractivity contribution is 6.27. The van der Waals surface area contributed by atoms with Crippen LogP contribution >= 0.6 is 0 Å². The smallest absolute Gasteiger partial charge is 0.414 e. The van der Waals surface area contributed by atoms with E-state index in [2.05, 4.69) is 10.6 Å². The number of piperidine rings is 2. The van der Waals surface area contributed by atoms with Crippen LogP contribution in [0.5, 0.6) is 0 Å². The molecule has 2 spiro atoms. The number of likely N-dealkylation sites (tertiary alicyclic amines) is 2. The van der Waals surface area contributed by atoms with Gasteiger partial charge in [-0.25, -0.2) is 28.8 Å². The van der Waals surface area contributed by atoms with E-state index in [0.29, 0.717) is 13.2 Å². The Labute approximate surface area is 289 Å². The van der Waals surface area contributed by atoms with Crippen LogP contribution in [0.15, 0.2) is 60.7 Å². The van der Waals surface area contributed by atoms with Gasteiger partial charge in [0.2, 0.25) is 0 Å². The van der Waals surface area contributed by atoms with E-state index in [-0.39, 0.29) is 23.3 Å². The van der Waals surface area contributed by atoms with Crippen molar-refractivity contribution < 1.29 is 58.7 Å². The van der Waals surface area contributed by atoms with Crippen molar-refractivity contribution >= 4 is 36.1 Å². The molecule has 0 bridgehead atoms. The lowest BCUT2D eigenvalue weighted by Gasteiger charge is -2.49. The average Bonchev–Trinajstić information content (AvgIpc) is 3.10. The molecule has 4 saturated heterocycles. The van der Waals surface area contributed by atoms with E-state index in [1.807, 2.05) is 70.5 Å². The minimum atomic E-state index is -1.82. The van der Waals surface area contributed by atoms with Gasteiger partial charge in [0, 0.05) is 37.3 Å². The maximum Gasteiger partial charge on any atom is 0.414 e. The Morgan fingerprint density at radius 1 is 0.560 bits per heavy atom. The monoisotopic (exact) mass is 700 g/mol. The number of rotatable bonds is 4. The summed E-state index contributed by atoms with van der Waals surface area (Å²) in [4.78, 5) is 64.2. The van der Waals surface area contributed by atoms with Crippen LogP contribution in [0.3, 0.4) is 0 Å². The average molecular weight is 701 g/mol. The van der Waals surface area contributed by atoms with Crippen molar-refractivity contribution in [3.8, 4) is 0 Å². The predicted octanol–water partition coefficient (Wildman–Crippen LogP) is 2.61. The lowest BCUT2D eigenvalue weighted by atomic mass is 9.80. The molecule has 2 amide bonds. The molecular weight excluding hydrogens is 656 g/mol. The van der Waals surface area contributed by atoms with Crippen molar-refractivity contribution in [3.63, 3.8) is 0 Å². The lowest BCUT2D eigenvalue weighted by molar-refractivity contribution is -0.159. The lowest BCUT2D eigenvalue weighted by Crippen LogP contribution is -2.65. The Balaban J connectivity index is 0.000000206. The molecule has 16 heteroatoms. The van der Waals surface area contributed by atoms with Crippen LogP contribution in [0.25, 0.3) is 0 Å². The number of nitrogens with zero attached hydrogens (tertiary/aromatic N) is 2. The molecule has 4 fully saturated rings. The zero-order valence-corrected chi connectivity index (χ0v) is 27.6. The third kappa shape index (κ3) is 12.7. The summed E-state index contributed by atoms with van der Waals surface area (Å²) in [7, 11) is 0. The summed E-state index contributed by atoms with van der Waals surface area (Å²) in [5, 5.41) is 36.5. The fourth-order valence-corrected chi connectivity index (χ4v) is 5.85. The fourth-order valence-electron chi connectivity index (χ4n) is 5.85. The fraction of sp³-hybridized carbons (Fsp3) is 0.471. The number of nitrogens with one attached hydrogen (secondary N) is 2. The Hall–Kier alpha value is -5.22. The number of hydrogen-bond donors (Lipinski definition) is 6. The third-order valence-electron chi connectivity index (χ3n) is 8.65. The first-order valence-electron chi connectivity index (χ1n) is 16.2. The summed E-state index contributed by atoms with van der Waals surface area (Å²) < 4.78 is 10.8. The highest BCUT2D eigenvalue weighted by Gasteiger charge is 2.42. The van der Waals surface area contributed by atoms with Crippen LogP contribution < -0.4 is 10.6 Å². The Morgan fingerprint density at radius 2 is 0.880 bits per heavy atom. The van der Waals surface area contributed by atoms with Gasteiger partial charge in [0.25, 0.3) is 0 Å². The van der Waals surface area contributed by atoms with Crippen LogP contribution in [-0.2, 0) is 41.9 Å². The molecule has 2 atom stereocenters. The van der Waals surface area contributed by atoms with Gasteiger partial charge in [0.05, 0.1) is 0 Å². The molecule has 0 aliphatic carbocycles. The number of benzene rings is 2. The van der Waals surface area contributed by atoms with Crippen molar-refractivity contribution in [3.05, 3.63) is 71.8 Å². The molecule has 6 N–H and O–H groups in total. The van der Waals surface area contributed by atoms with Crippen molar-refractivity contribution in [1.29, 1.82) is 0 Å². The SMILES string of the molecule is O=C(O)C(=O)O.O=C(O)C(=O)O.O=C(OCc1ccccc1)N1CCCC2(CCN2)C1.O=C(OCc1ccccc1)N1CCCC2(CCN2)C1. The highest BCUT2D eigenvalue weighted by atomic mass is 16.6. The molecule has 2 unspecified atom stereocenters. The third-order valence-corrected chi connectivity index (χ3v) is 8.65. The molecule has 2 aromatic rings. The predicted molar refractivity (Wildman–Crippen MR) is 176 cm³/mol. The van der Waals surface area contributed by atoms with Gasteiger partial charge in [-0.3, -0.25) is 0 Å². The second-order valence-corrected chi connectivity index (χ2v) is 12.3. The summed E-state index contributed by atoms with van der Waals surface area (Å²) in [6.07, 6.45) is 6.46. The Bertz CT molecular complexity index is 1320. The standard InChI is InChI=1S/2C15H20N2O2.2C2H2O4/c2*18-14(19-11-13-5-2-1-3-6-13)17-10-4-7-15(12-17)8-9-16-15;2*3-1(4)2(5)6/h2*1-3,5-6,16H,4,7-12H2;2*(H,3,4)(H,5,6). The molecule has 50 heavy (non-hydrogen) atoms. The number of carboxylic acids is 4. The first kappa shape index (κ1) is 39.2. The molecule has 2 aromatic carbocycles. The van der Waals surface area contributed by atoms with E-state index < -0.39 is 23.9 Å². The summed E-state index contributed by atoms with van der Waals surface area (Å²) in [6, 6.07) is 19.6. The van der Waals surface area contributed by atoms with Crippen molar-refractivity contribution in [2.45, 2.75) is 62.8 Å². The molecule has 4 heterocycles.